The van der Waals surface area contributed by atoms with Gasteiger partial charge in [-0.3, -0.25) is 0 Å². The molecule has 0 unspecified atom stereocenters. The van der Waals surface area contributed by atoms with Gasteiger partial charge in [0.25, 0.3) is 0 Å². The zero-order valence-electron chi connectivity index (χ0n) is 4.52. The van der Waals surface area contributed by atoms with Crippen LogP contribution in [0.15, 0.2) is 34.1 Å². The van der Waals surface area contributed by atoms with E-state index in [1.54, 1.807) is 0 Å². The van der Waals surface area contributed by atoms with E-state index in [9.17, 15) is 0 Å². The summed E-state index contributed by atoms with van der Waals surface area (Å²) in [6, 6.07) is 7.68. The van der Waals surface area contributed by atoms with Crippen molar-refractivity contribution in [3.05, 3.63) is 24.3 Å². The fourth-order valence-electron chi connectivity index (χ4n) is 0.464. The maximum Gasteiger partial charge on any atom is 3.00 e. The van der Waals surface area contributed by atoms with Gasteiger partial charge in [-0.1, -0.05) is 12.1 Å². The van der Waals surface area contributed by atoms with E-state index in [0.29, 0.717) is 0 Å². The third kappa shape index (κ3) is 2.66. The summed E-state index contributed by atoms with van der Waals surface area (Å²) in [5.74, 6) is 0. The van der Waals surface area contributed by atoms with Crippen LogP contribution in [0.3, 0.4) is 0 Å². The first kappa shape index (κ1) is 9.41. The van der Waals surface area contributed by atoms with Gasteiger partial charge in [0, 0.05) is 9.79 Å². The molecule has 0 nitrogen and oxygen atoms in total. The van der Waals surface area contributed by atoms with Gasteiger partial charge in [0.2, 0.25) is 0 Å². The Kier molecular flexibility index (Phi) is 4.46. The fourth-order valence-corrected chi connectivity index (χ4v) is 0.785. The molecule has 0 fully saturated rings. The molecule has 3 heteroatoms. The van der Waals surface area contributed by atoms with E-state index in [-0.39, 0.29) is 16.5 Å². The van der Waals surface area contributed by atoms with Gasteiger partial charge in [-0.05, 0) is 12.1 Å². The molecule has 1 radical (unpaired) electrons. The minimum atomic E-state index is 0. The van der Waals surface area contributed by atoms with E-state index in [2.05, 4.69) is 25.3 Å². The smallest absolute Gasteiger partial charge is 0.142 e. The zero-order valence-corrected chi connectivity index (χ0v) is 7.30. The van der Waals surface area contributed by atoms with Crippen LogP contribution in [0.25, 0.3) is 0 Å². The summed E-state index contributed by atoms with van der Waals surface area (Å²) in [7, 11) is 0. The number of hydrogen-bond donors (Lipinski definition) is 2. The first-order valence-electron chi connectivity index (χ1n) is 2.27. The molecule has 0 amide bonds. The second-order valence-electron chi connectivity index (χ2n) is 1.49. The van der Waals surface area contributed by atoms with Crippen molar-refractivity contribution in [1.29, 1.82) is 0 Å². The van der Waals surface area contributed by atoms with Crippen molar-refractivity contribution in [3.63, 3.8) is 0 Å². The second-order valence-corrected chi connectivity index (χ2v) is 2.45. The van der Waals surface area contributed by atoms with Gasteiger partial charge in [0.15, 0.2) is 0 Å². The number of rotatable bonds is 0. The molecule has 1 aromatic rings. The summed E-state index contributed by atoms with van der Waals surface area (Å²) in [4.78, 5) is 1.85. The van der Waals surface area contributed by atoms with E-state index in [1.807, 2.05) is 24.3 Å². The molecule has 9 heavy (non-hydrogen) atoms. The van der Waals surface area contributed by atoms with Crippen LogP contribution in [0, 0.1) is 0 Å². The number of thiol groups is 2. The monoisotopic (exact) mass is 200 g/mol. The molecule has 0 atom stereocenters. The van der Waals surface area contributed by atoms with E-state index in [4.69, 9.17) is 0 Å². The molecule has 0 aliphatic heterocycles. The summed E-state index contributed by atoms with van der Waals surface area (Å²) in [5, 5.41) is 0. The molecule has 1 aromatic carbocycles. The van der Waals surface area contributed by atoms with Crippen molar-refractivity contribution in [1.82, 2.24) is 0 Å². The van der Waals surface area contributed by atoms with Gasteiger partial charge in [-0.15, -0.1) is 25.3 Å². The van der Waals surface area contributed by atoms with Crippen LogP contribution in [-0.4, -0.2) is 0 Å². The summed E-state index contributed by atoms with van der Waals surface area (Å²) in [6.45, 7) is 0. The van der Waals surface area contributed by atoms with Gasteiger partial charge in [0.1, 0.15) is 0 Å². The molecule has 0 N–H and O–H groups in total. The maximum absolute atomic E-state index is 4.12. The van der Waals surface area contributed by atoms with Gasteiger partial charge in [0.05, 0.1) is 0 Å². The van der Waals surface area contributed by atoms with Crippen LogP contribution in [0.1, 0.15) is 0 Å². The van der Waals surface area contributed by atoms with E-state index in [0.717, 1.165) is 9.79 Å². The Morgan fingerprint density at radius 1 is 0.889 bits per heavy atom. The van der Waals surface area contributed by atoms with Crippen molar-refractivity contribution >= 4 is 25.3 Å². The Morgan fingerprint density at radius 2 is 1.22 bits per heavy atom. The van der Waals surface area contributed by atoms with Crippen LogP contribution in [0.4, 0.5) is 0 Å². The maximum atomic E-state index is 4.12. The van der Waals surface area contributed by atoms with Crippen molar-refractivity contribution in [3.8, 4) is 0 Å². The standard InChI is InChI=1S/C6H6S2.Ni/c7-5-3-1-2-4-6(5)8;/h1-4,7-8H;/q;+3. The Morgan fingerprint density at radius 3 is 1.44 bits per heavy atom. The van der Waals surface area contributed by atoms with E-state index >= 15 is 0 Å². The van der Waals surface area contributed by atoms with Crippen molar-refractivity contribution in [2.24, 2.45) is 0 Å². The van der Waals surface area contributed by atoms with Crippen molar-refractivity contribution < 1.29 is 16.5 Å². The summed E-state index contributed by atoms with van der Waals surface area (Å²) < 4.78 is 0. The molecule has 0 aliphatic carbocycles. The van der Waals surface area contributed by atoms with E-state index < -0.39 is 0 Å². The molecule has 49 valence electrons. The third-order valence-electron chi connectivity index (χ3n) is 0.882. The minimum Gasteiger partial charge on any atom is -0.142 e. The van der Waals surface area contributed by atoms with Crippen molar-refractivity contribution in [2.75, 3.05) is 0 Å². The van der Waals surface area contributed by atoms with Gasteiger partial charge in [-0.25, -0.2) is 0 Å². The normalized spacial score (nSPS) is 8.22. The molecule has 0 spiro atoms. The summed E-state index contributed by atoms with van der Waals surface area (Å²) >= 11 is 8.24. The molecule has 0 heterocycles. The van der Waals surface area contributed by atoms with Crippen LogP contribution >= 0.6 is 25.3 Å². The van der Waals surface area contributed by atoms with Crippen molar-refractivity contribution in [2.45, 2.75) is 9.79 Å². The van der Waals surface area contributed by atoms with Crippen LogP contribution < -0.4 is 0 Å². The van der Waals surface area contributed by atoms with Gasteiger partial charge >= 0.3 is 16.5 Å². The number of hydrogen-bond acceptors (Lipinski definition) is 2. The molecular formula is C6H6NiS2+3. The topological polar surface area (TPSA) is 0 Å². The fraction of sp³-hybridized carbons (Fsp3) is 0. The Bertz CT molecular complexity index is 167. The number of benzene rings is 1. The molecule has 0 saturated carbocycles. The minimum absolute atomic E-state index is 0. The molecule has 0 saturated heterocycles. The third-order valence-corrected chi connectivity index (χ3v) is 1.84. The predicted octanol–water partition coefficient (Wildman–Crippen LogP) is 2.26. The Balaban J connectivity index is 0.000000640. The first-order valence-corrected chi connectivity index (χ1v) is 3.17. The first-order chi connectivity index (χ1) is 3.80. The predicted molar refractivity (Wildman–Crippen MR) is 40.9 cm³/mol. The molecule has 0 aromatic heterocycles. The van der Waals surface area contributed by atoms with Gasteiger partial charge < -0.3 is 0 Å². The Hall–Kier alpha value is 0.414. The molecular weight excluding hydrogens is 195 g/mol. The largest absolute Gasteiger partial charge is 3.00 e. The average Bonchev–Trinajstić information content (AvgIpc) is 1.77. The van der Waals surface area contributed by atoms with Gasteiger partial charge in [-0.2, -0.15) is 0 Å². The molecule has 0 aliphatic rings. The zero-order chi connectivity index (χ0) is 5.98. The molecule has 0 bridgehead atoms. The summed E-state index contributed by atoms with van der Waals surface area (Å²) in [5.41, 5.74) is 0. The van der Waals surface area contributed by atoms with Crippen LogP contribution in [0.2, 0.25) is 0 Å². The average molecular weight is 201 g/mol. The quantitative estimate of drug-likeness (QED) is 0.466. The molecule has 1 rings (SSSR count). The van der Waals surface area contributed by atoms with Crippen LogP contribution in [-0.2, 0) is 16.5 Å². The second kappa shape index (κ2) is 4.26. The van der Waals surface area contributed by atoms with E-state index in [1.165, 1.54) is 0 Å². The van der Waals surface area contributed by atoms with Crippen LogP contribution in [0.5, 0.6) is 0 Å². The SMILES string of the molecule is Sc1ccccc1S.[Ni+3]. The Labute approximate surface area is 75.8 Å². The summed E-state index contributed by atoms with van der Waals surface area (Å²) in [6.07, 6.45) is 0.